The van der Waals surface area contributed by atoms with Crippen molar-refractivity contribution in [2.75, 3.05) is 40.3 Å². The number of guanidine groups is 1. The number of rotatable bonds is 7. The van der Waals surface area contributed by atoms with Crippen LogP contribution in [0, 0.1) is 0 Å². The van der Waals surface area contributed by atoms with Crippen LogP contribution >= 0.6 is 11.3 Å². The second-order valence-electron chi connectivity index (χ2n) is 6.87. The minimum absolute atomic E-state index is 0.966. The summed E-state index contributed by atoms with van der Waals surface area (Å²) < 4.78 is 0. The van der Waals surface area contributed by atoms with E-state index in [0.29, 0.717) is 0 Å². The number of benzene rings is 1. The Bertz CT molecular complexity index is 696. The predicted octanol–water partition coefficient (Wildman–Crippen LogP) is 3.25. The molecule has 0 spiro atoms. The average Bonchev–Trinajstić information content (AvgIpc) is 3.19. The van der Waals surface area contributed by atoms with Crippen LogP contribution in [0.4, 0.5) is 0 Å². The maximum absolute atomic E-state index is 4.42. The van der Waals surface area contributed by atoms with E-state index in [1.165, 1.54) is 29.0 Å². The average molecular weight is 371 g/mol. The molecule has 0 saturated carbocycles. The first kappa shape index (κ1) is 18.9. The lowest BCUT2D eigenvalue weighted by Crippen LogP contribution is -2.41. The van der Waals surface area contributed by atoms with Gasteiger partial charge in [-0.1, -0.05) is 30.3 Å². The van der Waals surface area contributed by atoms with E-state index >= 15 is 0 Å². The summed E-state index contributed by atoms with van der Waals surface area (Å²) in [4.78, 5) is 10.6. The van der Waals surface area contributed by atoms with Crippen molar-refractivity contribution in [2.24, 2.45) is 4.99 Å². The van der Waals surface area contributed by atoms with E-state index < -0.39 is 0 Å². The molecule has 1 aliphatic rings. The van der Waals surface area contributed by atoms with Crippen LogP contribution in [0.1, 0.15) is 22.4 Å². The molecule has 4 nitrogen and oxygen atoms in total. The normalized spacial score (nSPS) is 14.9. The first-order chi connectivity index (χ1) is 12.8. The molecule has 0 amide bonds. The van der Waals surface area contributed by atoms with Gasteiger partial charge in [0.15, 0.2) is 5.96 Å². The molecule has 0 fully saturated rings. The van der Waals surface area contributed by atoms with Crippen LogP contribution in [-0.4, -0.2) is 56.0 Å². The van der Waals surface area contributed by atoms with Gasteiger partial charge in [0.2, 0.25) is 0 Å². The van der Waals surface area contributed by atoms with E-state index in [-0.39, 0.29) is 0 Å². The van der Waals surface area contributed by atoms with E-state index in [1.54, 1.807) is 0 Å². The van der Waals surface area contributed by atoms with Gasteiger partial charge in [-0.15, -0.1) is 11.3 Å². The Morgan fingerprint density at radius 1 is 1.23 bits per heavy atom. The standard InChI is InChI=1S/C21H30N4S/c1-22-21(24(2)14-11-20-9-5-16-26-20)23-12-6-13-25-15-10-18-7-3-4-8-19(18)17-25/h3-5,7-9,16H,6,10-15,17H2,1-2H3,(H,22,23). The summed E-state index contributed by atoms with van der Waals surface area (Å²) in [6, 6.07) is 13.2. The molecule has 1 aliphatic heterocycles. The molecule has 0 atom stereocenters. The SMILES string of the molecule is CN=C(NCCCN1CCc2ccccc2C1)N(C)CCc1cccs1. The molecule has 5 heteroatoms. The summed E-state index contributed by atoms with van der Waals surface area (Å²) in [7, 11) is 3.98. The molecule has 140 valence electrons. The minimum Gasteiger partial charge on any atom is -0.356 e. The Kier molecular flexibility index (Phi) is 7.09. The molecular formula is C21H30N4S. The van der Waals surface area contributed by atoms with Gasteiger partial charge in [-0.25, -0.2) is 0 Å². The number of thiophene rings is 1. The summed E-state index contributed by atoms with van der Waals surface area (Å²) in [6.07, 6.45) is 3.39. The van der Waals surface area contributed by atoms with Crippen LogP contribution < -0.4 is 5.32 Å². The summed E-state index contributed by atoms with van der Waals surface area (Å²) in [5, 5.41) is 5.65. The Labute approximate surface area is 161 Å². The van der Waals surface area contributed by atoms with Crippen LogP contribution in [0.25, 0.3) is 0 Å². The van der Waals surface area contributed by atoms with E-state index in [9.17, 15) is 0 Å². The molecule has 26 heavy (non-hydrogen) atoms. The van der Waals surface area contributed by atoms with Crippen molar-refractivity contribution in [3.8, 4) is 0 Å². The number of hydrogen-bond acceptors (Lipinski definition) is 3. The van der Waals surface area contributed by atoms with Crippen molar-refractivity contribution in [3.63, 3.8) is 0 Å². The van der Waals surface area contributed by atoms with Gasteiger partial charge < -0.3 is 10.2 Å². The van der Waals surface area contributed by atoms with E-state index in [4.69, 9.17) is 0 Å². The van der Waals surface area contributed by atoms with Gasteiger partial charge in [0, 0.05) is 51.7 Å². The van der Waals surface area contributed by atoms with Crippen LogP contribution in [0.15, 0.2) is 46.8 Å². The van der Waals surface area contributed by atoms with Crippen molar-refractivity contribution < 1.29 is 0 Å². The minimum atomic E-state index is 0.966. The highest BCUT2D eigenvalue weighted by atomic mass is 32.1. The van der Waals surface area contributed by atoms with Gasteiger partial charge in [-0.3, -0.25) is 9.89 Å². The lowest BCUT2D eigenvalue weighted by atomic mass is 10.00. The fourth-order valence-corrected chi connectivity index (χ4v) is 4.17. The first-order valence-electron chi connectivity index (χ1n) is 9.49. The molecular weight excluding hydrogens is 340 g/mol. The Morgan fingerprint density at radius 2 is 2.08 bits per heavy atom. The van der Waals surface area contributed by atoms with Crippen LogP contribution in [-0.2, 0) is 19.4 Å². The summed E-state index contributed by atoms with van der Waals surface area (Å²) >= 11 is 1.82. The second kappa shape index (κ2) is 9.74. The fraction of sp³-hybridized carbons (Fsp3) is 0.476. The summed E-state index contributed by atoms with van der Waals surface area (Å²) in [5.41, 5.74) is 3.02. The Hall–Kier alpha value is -1.85. The predicted molar refractivity (Wildman–Crippen MR) is 112 cm³/mol. The lowest BCUT2D eigenvalue weighted by Gasteiger charge is -2.29. The highest BCUT2D eigenvalue weighted by Gasteiger charge is 2.15. The molecule has 1 aromatic heterocycles. The number of hydrogen-bond donors (Lipinski definition) is 1. The van der Waals surface area contributed by atoms with E-state index in [1.807, 2.05) is 18.4 Å². The molecule has 2 aromatic rings. The molecule has 0 aliphatic carbocycles. The fourth-order valence-electron chi connectivity index (χ4n) is 3.47. The van der Waals surface area contributed by atoms with Gasteiger partial charge >= 0.3 is 0 Å². The van der Waals surface area contributed by atoms with Gasteiger partial charge in [0.1, 0.15) is 0 Å². The second-order valence-corrected chi connectivity index (χ2v) is 7.91. The van der Waals surface area contributed by atoms with Gasteiger partial charge in [0.25, 0.3) is 0 Å². The molecule has 0 unspecified atom stereocenters. The monoisotopic (exact) mass is 370 g/mol. The Balaban J connectivity index is 1.35. The zero-order valence-corrected chi connectivity index (χ0v) is 16.8. The smallest absolute Gasteiger partial charge is 0.193 e. The van der Waals surface area contributed by atoms with Crippen LogP contribution in [0.5, 0.6) is 0 Å². The van der Waals surface area contributed by atoms with Crippen molar-refractivity contribution in [3.05, 3.63) is 57.8 Å². The van der Waals surface area contributed by atoms with Crippen LogP contribution in [0.2, 0.25) is 0 Å². The van der Waals surface area contributed by atoms with Crippen LogP contribution in [0.3, 0.4) is 0 Å². The number of likely N-dealkylation sites (N-methyl/N-ethyl adjacent to an activating group) is 1. The number of nitrogens with one attached hydrogen (secondary N) is 1. The molecule has 0 bridgehead atoms. The summed E-state index contributed by atoms with van der Waals surface area (Å²) in [5.74, 6) is 0.991. The molecule has 3 rings (SSSR count). The number of fused-ring (bicyclic) bond motifs is 1. The lowest BCUT2D eigenvalue weighted by molar-refractivity contribution is 0.251. The zero-order chi connectivity index (χ0) is 18.2. The quantitative estimate of drug-likeness (QED) is 0.461. The highest BCUT2D eigenvalue weighted by molar-refractivity contribution is 7.09. The third kappa shape index (κ3) is 5.32. The maximum Gasteiger partial charge on any atom is 0.193 e. The summed E-state index contributed by atoms with van der Waals surface area (Å²) in [6.45, 7) is 5.35. The molecule has 1 N–H and O–H groups in total. The highest BCUT2D eigenvalue weighted by Crippen LogP contribution is 2.18. The third-order valence-electron chi connectivity index (χ3n) is 4.99. The molecule has 1 aromatic carbocycles. The van der Waals surface area contributed by atoms with E-state index in [0.717, 1.165) is 45.0 Å². The third-order valence-corrected chi connectivity index (χ3v) is 5.93. The molecule has 2 heterocycles. The molecule has 0 saturated heterocycles. The topological polar surface area (TPSA) is 30.9 Å². The Morgan fingerprint density at radius 3 is 2.85 bits per heavy atom. The van der Waals surface area contributed by atoms with Gasteiger partial charge in [-0.05, 0) is 41.8 Å². The largest absolute Gasteiger partial charge is 0.356 e. The molecule has 0 radical (unpaired) electrons. The van der Waals surface area contributed by atoms with Crippen molar-refractivity contribution in [1.29, 1.82) is 0 Å². The first-order valence-corrected chi connectivity index (χ1v) is 10.4. The van der Waals surface area contributed by atoms with E-state index in [2.05, 4.69) is 68.9 Å². The maximum atomic E-state index is 4.42. The number of nitrogens with zero attached hydrogens (tertiary/aromatic N) is 3. The van der Waals surface area contributed by atoms with Crippen molar-refractivity contribution in [2.45, 2.75) is 25.8 Å². The van der Waals surface area contributed by atoms with Crippen molar-refractivity contribution >= 4 is 17.3 Å². The zero-order valence-electron chi connectivity index (χ0n) is 15.9. The van der Waals surface area contributed by atoms with Crippen molar-refractivity contribution in [1.82, 2.24) is 15.1 Å². The van der Waals surface area contributed by atoms with Gasteiger partial charge in [0.05, 0.1) is 0 Å². The number of aliphatic imine (C=N–C) groups is 1. The van der Waals surface area contributed by atoms with Gasteiger partial charge in [-0.2, -0.15) is 0 Å².